The number of allylic oxidation sites excluding steroid dienone is 1. The van der Waals surface area contributed by atoms with E-state index in [0.29, 0.717) is 0 Å². The van der Waals surface area contributed by atoms with Gasteiger partial charge in [0.2, 0.25) is 0 Å². The highest BCUT2D eigenvalue weighted by Crippen LogP contribution is 2.34. The van der Waals surface area contributed by atoms with E-state index in [2.05, 4.69) is 11.4 Å². The summed E-state index contributed by atoms with van der Waals surface area (Å²) in [4.78, 5) is 4.50. The highest BCUT2D eigenvalue weighted by Gasteiger charge is 2.30. The predicted octanol–water partition coefficient (Wildman–Crippen LogP) is 2.92. The van der Waals surface area contributed by atoms with Crippen LogP contribution in [0.3, 0.4) is 0 Å². The highest BCUT2D eigenvalue weighted by molar-refractivity contribution is 5.38. The molecule has 0 amide bonds. The Bertz CT molecular complexity index is 364. The molecular weight excluding hydrogens is 200 g/mol. The van der Waals surface area contributed by atoms with Crippen molar-refractivity contribution in [3.63, 3.8) is 0 Å². The predicted molar refractivity (Wildman–Crippen MR) is 54.7 cm³/mol. The molecule has 82 valence electrons. The van der Waals surface area contributed by atoms with Gasteiger partial charge in [-0.3, -0.25) is 0 Å². The van der Waals surface area contributed by atoms with E-state index >= 15 is 0 Å². The van der Waals surface area contributed by atoms with E-state index < -0.39 is 12.3 Å². The minimum absolute atomic E-state index is 0.117. The molecule has 0 fully saturated rings. The third kappa shape index (κ3) is 2.53. The number of alkyl halides is 2. The third-order valence-electron chi connectivity index (χ3n) is 2.14. The molecule has 0 heterocycles. The molecule has 0 saturated heterocycles. The Labute approximate surface area is 87.3 Å². The van der Waals surface area contributed by atoms with Gasteiger partial charge in [0.1, 0.15) is 5.75 Å². The molecule has 0 aliphatic carbocycles. The van der Waals surface area contributed by atoms with Crippen molar-refractivity contribution in [1.29, 1.82) is 0 Å². The molecule has 0 spiro atoms. The van der Waals surface area contributed by atoms with Crippen molar-refractivity contribution in [2.24, 2.45) is 5.90 Å². The Balaban J connectivity index is 3.10. The largest absolute Gasteiger partial charge is 0.411 e. The molecular formula is C11H13F2NO. The van der Waals surface area contributed by atoms with Gasteiger partial charge in [-0.2, -0.15) is 5.90 Å². The quantitative estimate of drug-likeness (QED) is 0.616. The molecule has 1 rings (SSSR count). The van der Waals surface area contributed by atoms with E-state index in [9.17, 15) is 8.78 Å². The number of aryl methyl sites for hydroxylation is 1. The summed E-state index contributed by atoms with van der Waals surface area (Å²) in [7, 11) is 0. The van der Waals surface area contributed by atoms with Crippen LogP contribution in [0.1, 0.15) is 17.5 Å². The van der Waals surface area contributed by atoms with Gasteiger partial charge in [0.05, 0.1) is 0 Å². The van der Waals surface area contributed by atoms with Gasteiger partial charge in [-0.25, -0.2) is 8.78 Å². The zero-order valence-corrected chi connectivity index (χ0v) is 8.47. The fourth-order valence-corrected chi connectivity index (χ4v) is 1.25. The third-order valence-corrected chi connectivity index (χ3v) is 2.14. The molecule has 0 aromatic heterocycles. The van der Waals surface area contributed by atoms with Crippen molar-refractivity contribution >= 4 is 0 Å². The number of nitrogens with two attached hydrogens (primary N) is 1. The van der Waals surface area contributed by atoms with E-state index in [1.54, 1.807) is 13.0 Å². The molecule has 1 aromatic carbocycles. The minimum Gasteiger partial charge on any atom is -0.411 e. The van der Waals surface area contributed by atoms with Gasteiger partial charge < -0.3 is 4.84 Å². The lowest BCUT2D eigenvalue weighted by atomic mass is 10.0. The zero-order valence-electron chi connectivity index (χ0n) is 8.47. The number of rotatable bonds is 4. The molecule has 0 radical (unpaired) electrons. The smallest absolute Gasteiger partial charge is 0.276 e. The van der Waals surface area contributed by atoms with Crippen LogP contribution in [0, 0.1) is 6.92 Å². The minimum atomic E-state index is -2.93. The van der Waals surface area contributed by atoms with Gasteiger partial charge in [-0.05, 0) is 18.6 Å². The van der Waals surface area contributed by atoms with Crippen molar-refractivity contribution in [1.82, 2.24) is 0 Å². The van der Waals surface area contributed by atoms with E-state index in [-0.39, 0.29) is 11.3 Å². The van der Waals surface area contributed by atoms with Crippen LogP contribution >= 0.6 is 0 Å². The second kappa shape index (κ2) is 4.40. The zero-order chi connectivity index (χ0) is 11.5. The first-order valence-corrected chi connectivity index (χ1v) is 4.48. The number of hydrogen-bond acceptors (Lipinski definition) is 2. The fourth-order valence-electron chi connectivity index (χ4n) is 1.25. The fraction of sp³-hybridized carbons (Fsp3) is 0.273. The molecule has 0 aliphatic heterocycles. The molecule has 1 aromatic rings. The van der Waals surface area contributed by atoms with Crippen molar-refractivity contribution in [2.45, 2.75) is 19.3 Å². The van der Waals surface area contributed by atoms with Crippen molar-refractivity contribution in [3.8, 4) is 5.75 Å². The number of hydrogen-bond donors (Lipinski definition) is 1. The Morgan fingerprint density at radius 1 is 1.53 bits per heavy atom. The molecule has 0 saturated carbocycles. The second-order valence-corrected chi connectivity index (χ2v) is 3.30. The summed E-state index contributed by atoms with van der Waals surface area (Å²) in [6.07, 6.45) is 0.781. The molecule has 0 unspecified atom stereocenters. The lowest BCUT2D eigenvalue weighted by Crippen LogP contribution is -2.13. The lowest BCUT2D eigenvalue weighted by molar-refractivity contribution is -0.00109. The standard InChI is InChI=1S/C11H13F2NO/c1-3-6-11(12,13)9-5-4-8(2)10(7-9)15-14/h3-5,7H,1,6,14H2,2H3. The average Bonchev–Trinajstić information content (AvgIpc) is 2.18. The van der Waals surface area contributed by atoms with Crippen LogP contribution in [0.2, 0.25) is 0 Å². The summed E-state index contributed by atoms with van der Waals surface area (Å²) >= 11 is 0. The lowest BCUT2D eigenvalue weighted by Gasteiger charge is -2.16. The first kappa shape index (κ1) is 11.7. The molecule has 2 nitrogen and oxygen atoms in total. The Hall–Kier alpha value is -1.42. The van der Waals surface area contributed by atoms with E-state index in [1.807, 2.05) is 0 Å². The monoisotopic (exact) mass is 213 g/mol. The second-order valence-electron chi connectivity index (χ2n) is 3.30. The van der Waals surface area contributed by atoms with Crippen LogP contribution in [0.5, 0.6) is 5.75 Å². The molecule has 0 bridgehead atoms. The topological polar surface area (TPSA) is 35.2 Å². The van der Waals surface area contributed by atoms with E-state index in [4.69, 9.17) is 5.90 Å². The summed E-state index contributed by atoms with van der Waals surface area (Å²) in [5.41, 5.74) is 0.601. The highest BCUT2D eigenvalue weighted by atomic mass is 19.3. The number of halogens is 2. The Kier molecular flexibility index (Phi) is 3.42. The van der Waals surface area contributed by atoms with Crippen LogP contribution in [-0.4, -0.2) is 0 Å². The molecule has 4 heteroatoms. The molecule has 2 N–H and O–H groups in total. The Morgan fingerprint density at radius 3 is 2.73 bits per heavy atom. The van der Waals surface area contributed by atoms with Gasteiger partial charge in [0, 0.05) is 12.0 Å². The maximum Gasteiger partial charge on any atom is 0.276 e. The van der Waals surface area contributed by atoms with Gasteiger partial charge in [-0.1, -0.05) is 18.2 Å². The SMILES string of the molecule is C=CCC(F)(F)c1ccc(C)c(ON)c1. The van der Waals surface area contributed by atoms with Crippen LogP contribution in [0.25, 0.3) is 0 Å². The van der Waals surface area contributed by atoms with Crippen LogP contribution in [0.15, 0.2) is 30.9 Å². The van der Waals surface area contributed by atoms with Crippen molar-refractivity contribution < 1.29 is 13.6 Å². The maximum absolute atomic E-state index is 13.4. The van der Waals surface area contributed by atoms with E-state index in [0.717, 1.165) is 5.56 Å². The Morgan fingerprint density at radius 2 is 2.20 bits per heavy atom. The van der Waals surface area contributed by atoms with Gasteiger partial charge in [0.25, 0.3) is 5.92 Å². The molecule has 0 aliphatic rings. The first-order valence-electron chi connectivity index (χ1n) is 4.48. The van der Waals surface area contributed by atoms with E-state index in [1.165, 1.54) is 18.2 Å². The van der Waals surface area contributed by atoms with Gasteiger partial charge in [0.15, 0.2) is 0 Å². The van der Waals surface area contributed by atoms with Crippen molar-refractivity contribution in [3.05, 3.63) is 42.0 Å². The van der Waals surface area contributed by atoms with Crippen LogP contribution in [-0.2, 0) is 5.92 Å². The van der Waals surface area contributed by atoms with Gasteiger partial charge >= 0.3 is 0 Å². The van der Waals surface area contributed by atoms with Crippen LogP contribution in [0.4, 0.5) is 8.78 Å². The maximum atomic E-state index is 13.4. The summed E-state index contributed by atoms with van der Waals surface area (Å²) in [6, 6.07) is 4.16. The first-order chi connectivity index (χ1) is 7.01. The van der Waals surface area contributed by atoms with Gasteiger partial charge in [-0.15, -0.1) is 6.58 Å². The summed E-state index contributed by atoms with van der Waals surface area (Å²) in [5, 5.41) is 0. The van der Waals surface area contributed by atoms with Crippen LogP contribution < -0.4 is 10.7 Å². The summed E-state index contributed by atoms with van der Waals surface area (Å²) < 4.78 is 26.9. The summed E-state index contributed by atoms with van der Waals surface area (Å²) in [5.74, 6) is 2.30. The summed E-state index contributed by atoms with van der Waals surface area (Å²) in [6.45, 7) is 5.03. The average molecular weight is 213 g/mol. The molecule has 15 heavy (non-hydrogen) atoms. The molecule has 0 atom stereocenters. The van der Waals surface area contributed by atoms with Crippen molar-refractivity contribution in [2.75, 3.05) is 0 Å². The normalized spacial score (nSPS) is 11.2. The number of benzene rings is 1.